The zero-order valence-electron chi connectivity index (χ0n) is 9.71. The largest absolute Gasteiger partial charge is 0.481 e. The molecule has 0 aliphatic heterocycles. The molecule has 17 heavy (non-hydrogen) atoms. The number of aryl methyl sites for hydroxylation is 1. The molecule has 1 N–H and O–H groups in total. The summed E-state index contributed by atoms with van der Waals surface area (Å²) in [5, 5.41) is 3.05. The summed E-state index contributed by atoms with van der Waals surface area (Å²) in [6, 6.07) is 1.69. The molecule has 0 atom stereocenters. The SMILES string of the molecule is COc1ccnc(NCc2cnc(C)cn2)n1. The van der Waals surface area contributed by atoms with Crippen LogP contribution < -0.4 is 10.1 Å². The fraction of sp³-hybridized carbons (Fsp3) is 0.273. The van der Waals surface area contributed by atoms with Gasteiger partial charge in [0.15, 0.2) is 0 Å². The number of hydrogen-bond donors (Lipinski definition) is 1. The molecule has 0 saturated heterocycles. The Balaban J connectivity index is 1.99. The van der Waals surface area contributed by atoms with Gasteiger partial charge < -0.3 is 10.1 Å². The minimum atomic E-state index is 0.506. The lowest BCUT2D eigenvalue weighted by Crippen LogP contribution is -2.06. The number of methoxy groups -OCH3 is 1. The van der Waals surface area contributed by atoms with Gasteiger partial charge in [-0.25, -0.2) is 4.98 Å². The van der Waals surface area contributed by atoms with Crippen LogP contribution in [0.2, 0.25) is 0 Å². The molecular weight excluding hydrogens is 218 g/mol. The van der Waals surface area contributed by atoms with E-state index in [1.165, 1.54) is 0 Å². The fourth-order valence-electron chi connectivity index (χ4n) is 1.22. The minimum Gasteiger partial charge on any atom is -0.481 e. The van der Waals surface area contributed by atoms with E-state index in [0.717, 1.165) is 11.4 Å². The van der Waals surface area contributed by atoms with Crippen LogP contribution in [0.3, 0.4) is 0 Å². The molecule has 0 fully saturated rings. The van der Waals surface area contributed by atoms with Gasteiger partial charge in [-0.2, -0.15) is 4.98 Å². The minimum absolute atomic E-state index is 0.506. The van der Waals surface area contributed by atoms with Crippen LogP contribution in [0.5, 0.6) is 5.88 Å². The van der Waals surface area contributed by atoms with E-state index < -0.39 is 0 Å². The van der Waals surface area contributed by atoms with Crippen molar-refractivity contribution in [3.05, 3.63) is 36.0 Å². The van der Waals surface area contributed by atoms with Gasteiger partial charge in [0.2, 0.25) is 11.8 Å². The first-order valence-electron chi connectivity index (χ1n) is 5.16. The smallest absolute Gasteiger partial charge is 0.226 e. The van der Waals surface area contributed by atoms with Gasteiger partial charge in [0, 0.05) is 18.5 Å². The molecule has 0 amide bonds. The quantitative estimate of drug-likeness (QED) is 0.852. The van der Waals surface area contributed by atoms with Crippen molar-refractivity contribution in [1.82, 2.24) is 19.9 Å². The zero-order chi connectivity index (χ0) is 12.1. The van der Waals surface area contributed by atoms with Gasteiger partial charge in [0.25, 0.3) is 0 Å². The maximum atomic E-state index is 5.00. The predicted octanol–water partition coefficient (Wildman–Crippen LogP) is 1.20. The molecule has 2 aromatic rings. The normalized spacial score (nSPS) is 10.0. The highest BCUT2D eigenvalue weighted by Gasteiger charge is 2.00. The van der Waals surface area contributed by atoms with Crippen molar-refractivity contribution >= 4 is 5.95 Å². The van der Waals surface area contributed by atoms with Gasteiger partial charge in [-0.15, -0.1) is 0 Å². The zero-order valence-corrected chi connectivity index (χ0v) is 9.71. The summed E-state index contributed by atoms with van der Waals surface area (Å²) in [5.74, 6) is 1.03. The molecule has 0 aliphatic rings. The standard InChI is InChI=1S/C11H13N5O/c1-8-5-14-9(6-13-8)7-15-11-12-4-3-10(16-11)17-2/h3-6H,7H2,1-2H3,(H,12,15,16). The average Bonchev–Trinajstić information content (AvgIpc) is 2.38. The molecule has 0 radical (unpaired) electrons. The Kier molecular flexibility index (Phi) is 3.44. The van der Waals surface area contributed by atoms with Crippen molar-refractivity contribution in [2.75, 3.05) is 12.4 Å². The first-order chi connectivity index (χ1) is 8.28. The number of nitrogens with one attached hydrogen (secondary N) is 1. The van der Waals surface area contributed by atoms with Gasteiger partial charge in [0.05, 0.1) is 31.2 Å². The van der Waals surface area contributed by atoms with Crippen LogP contribution >= 0.6 is 0 Å². The summed E-state index contributed by atoms with van der Waals surface area (Å²) in [5.41, 5.74) is 1.73. The lowest BCUT2D eigenvalue weighted by atomic mass is 10.4. The number of aromatic nitrogens is 4. The number of hydrogen-bond acceptors (Lipinski definition) is 6. The molecule has 0 unspecified atom stereocenters. The van der Waals surface area contributed by atoms with E-state index in [1.54, 1.807) is 31.8 Å². The van der Waals surface area contributed by atoms with Crippen molar-refractivity contribution in [2.24, 2.45) is 0 Å². The molecule has 0 aliphatic carbocycles. The van der Waals surface area contributed by atoms with Crippen molar-refractivity contribution < 1.29 is 4.74 Å². The third-order valence-corrected chi connectivity index (χ3v) is 2.10. The van der Waals surface area contributed by atoms with Crippen molar-refractivity contribution in [1.29, 1.82) is 0 Å². The van der Waals surface area contributed by atoms with Gasteiger partial charge in [-0.05, 0) is 6.92 Å². The lowest BCUT2D eigenvalue weighted by molar-refractivity contribution is 0.397. The summed E-state index contributed by atoms with van der Waals surface area (Å²) in [6.45, 7) is 2.43. The predicted molar refractivity (Wildman–Crippen MR) is 62.7 cm³/mol. The summed E-state index contributed by atoms with van der Waals surface area (Å²) in [6.07, 6.45) is 5.08. The second-order valence-corrected chi connectivity index (χ2v) is 3.43. The average molecular weight is 231 g/mol. The van der Waals surface area contributed by atoms with Gasteiger partial charge in [0.1, 0.15) is 0 Å². The topological polar surface area (TPSA) is 72.8 Å². The first-order valence-corrected chi connectivity index (χ1v) is 5.16. The lowest BCUT2D eigenvalue weighted by Gasteiger charge is -2.05. The van der Waals surface area contributed by atoms with Crippen LogP contribution in [0.4, 0.5) is 5.95 Å². The molecule has 0 bridgehead atoms. The number of anilines is 1. The van der Waals surface area contributed by atoms with Crippen LogP contribution in [-0.4, -0.2) is 27.0 Å². The van der Waals surface area contributed by atoms with E-state index in [1.807, 2.05) is 6.92 Å². The molecule has 0 aromatic carbocycles. The number of ether oxygens (including phenoxy) is 1. The Morgan fingerprint density at radius 2 is 2.12 bits per heavy atom. The van der Waals surface area contributed by atoms with Crippen molar-refractivity contribution in [2.45, 2.75) is 13.5 Å². The van der Waals surface area contributed by atoms with Gasteiger partial charge in [-0.1, -0.05) is 0 Å². The van der Waals surface area contributed by atoms with E-state index >= 15 is 0 Å². The third-order valence-electron chi connectivity index (χ3n) is 2.10. The van der Waals surface area contributed by atoms with E-state index in [9.17, 15) is 0 Å². The fourth-order valence-corrected chi connectivity index (χ4v) is 1.22. The molecule has 6 heteroatoms. The highest BCUT2D eigenvalue weighted by molar-refractivity contribution is 5.28. The Morgan fingerprint density at radius 3 is 2.82 bits per heavy atom. The molecule has 2 rings (SSSR count). The summed E-state index contributed by atoms with van der Waals surface area (Å²) >= 11 is 0. The maximum absolute atomic E-state index is 5.00. The highest BCUT2D eigenvalue weighted by Crippen LogP contribution is 2.07. The Morgan fingerprint density at radius 1 is 1.24 bits per heavy atom. The van der Waals surface area contributed by atoms with Crippen LogP contribution in [0, 0.1) is 6.92 Å². The molecule has 0 spiro atoms. The van der Waals surface area contributed by atoms with Crippen LogP contribution in [0.25, 0.3) is 0 Å². The number of nitrogens with zero attached hydrogens (tertiary/aromatic N) is 4. The van der Waals surface area contributed by atoms with Crippen LogP contribution in [0.1, 0.15) is 11.4 Å². The molecule has 2 heterocycles. The van der Waals surface area contributed by atoms with Crippen molar-refractivity contribution in [3.8, 4) is 5.88 Å². The second-order valence-electron chi connectivity index (χ2n) is 3.43. The molecule has 6 nitrogen and oxygen atoms in total. The summed E-state index contributed by atoms with van der Waals surface area (Å²) in [7, 11) is 1.57. The molecule has 88 valence electrons. The number of rotatable bonds is 4. The van der Waals surface area contributed by atoms with Crippen molar-refractivity contribution in [3.63, 3.8) is 0 Å². The van der Waals surface area contributed by atoms with Gasteiger partial charge in [-0.3, -0.25) is 9.97 Å². The van der Waals surface area contributed by atoms with Gasteiger partial charge >= 0.3 is 0 Å². The molecule has 0 saturated carbocycles. The monoisotopic (exact) mass is 231 g/mol. The van der Waals surface area contributed by atoms with E-state index in [0.29, 0.717) is 18.4 Å². The summed E-state index contributed by atoms with van der Waals surface area (Å²) in [4.78, 5) is 16.6. The van der Waals surface area contributed by atoms with Crippen LogP contribution in [0.15, 0.2) is 24.7 Å². The second kappa shape index (κ2) is 5.20. The highest BCUT2D eigenvalue weighted by atomic mass is 16.5. The Hall–Kier alpha value is -2.24. The van der Waals surface area contributed by atoms with Crippen LogP contribution in [-0.2, 0) is 6.54 Å². The van der Waals surface area contributed by atoms with E-state index in [4.69, 9.17) is 4.74 Å². The Labute approximate surface area is 99.1 Å². The van der Waals surface area contributed by atoms with E-state index in [2.05, 4.69) is 25.3 Å². The molecule has 2 aromatic heterocycles. The maximum Gasteiger partial charge on any atom is 0.226 e. The molecular formula is C11H13N5O. The van der Waals surface area contributed by atoms with E-state index in [-0.39, 0.29) is 0 Å². The first kappa shape index (κ1) is 11.3. The Bertz CT molecular complexity index is 485. The summed E-state index contributed by atoms with van der Waals surface area (Å²) < 4.78 is 5.00. The third kappa shape index (κ3) is 3.10.